The molecule has 3 N–H and O–H groups in total. The number of nitrogens with one attached hydrogen (secondary N) is 1. The highest BCUT2D eigenvalue weighted by Crippen LogP contribution is 2.18. The number of amides is 1. The van der Waals surface area contributed by atoms with E-state index in [-0.39, 0.29) is 18.5 Å². The molecule has 0 fully saturated rings. The Bertz CT molecular complexity index is 1170. The summed E-state index contributed by atoms with van der Waals surface area (Å²) in [7, 11) is 0. The van der Waals surface area contributed by atoms with Crippen molar-refractivity contribution in [1.82, 2.24) is 5.32 Å². The molecule has 0 aliphatic rings. The van der Waals surface area contributed by atoms with Crippen molar-refractivity contribution >= 4 is 11.9 Å². The Labute approximate surface area is 469 Å². The van der Waals surface area contributed by atoms with Crippen molar-refractivity contribution in [3.05, 3.63) is 24.3 Å². The number of carbonyl (C=O) groups is 2. The van der Waals surface area contributed by atoms with Crippen LogP contribution in [0.2, 0.25) is 0 Å². The standard InChI is InChI=1S/C69H133NO5/c1-3-5-7-9-11-13-15-17-19-21-22-23-24-25-26-27-30-33-37-41-45-49-53-57-61-67(72)66(65-71)70-68(73)62-58-54-50-46-42-38-34-31-28-29-32-36-40-44-48-52-56-60-64-75-69(74)63-59-55-51-47-43-39-35-20-18-16-14-12-10-8-6-4-2/h20,31,34-35,66-67,71-72H,3-19,21-30,32-33,36-65H2,1-2H3,(H,70,73)/b34-31-,35-20-. The zero-order chi connectivity index (χ0) is 54.3. The van der Waals surface area contributed by atoms with Gasteiger partial charge in [-0.3, -0.25) is 9.59 Å². The molecule has 6 nitrogen and oxygen atoms in total. The lowest BCUT2D eigenvalue weighted by Crippen LogP contribution is -2.45. The molecule has 0 saturated carbocycles. The largest absolute Gasteiger partial charge is 0.466 e. The van der Waals surface area contributed by atoms with Gasteiger partial charge >= 0.3 is 5.97 Å². The first-order valence-electron chi connectivity index (χ1n) is 34.1. The summed E-state index contributed by atoms with van der Waals surface area (Å²) in [5.41, 5.74) is 0. The van der Waals surface area contributed by atoms with Crippen molar-refractivity contribution in [1.29, 1.82) is 0 Å². The average molecular weight is 1060 g/mol. The molecule has 6 heteroatoms. The lowest BCUT2D eigenvalue weighted by Gasteiger charge is -2.22. The Morgan fingerprint density at radius 1 is 0.360 bits per heavy atom. The summed E-state index contributed by atoms with van der Waals surface area (Å²) < 4.78 is 5.48. The Morgan fingerprint density at radius 2 is 0.627 bits per heavy atom. The van der Waals surface area contributed by atoms with Crippen LogP contribution in [0.4, 0.5) is 0 Å². The van der Waals surface area contributed by atoms with Gasteiger partial charge in [-0.2, -0.15) is 0 Å². The van der Waals surface area contributed by atoms with Crippen LogP contribution in [0.1, 0.15) is 380 Å². The predicted octanol–water partition coefficient (Wildman–Crippen LogP) is 21.8. The minimum Gasteiger partial charge on any atom is -0.466 e. The third-order valence-electron chi connectivity index (χ3n) is 16.0. The van der Waals surface area contributed by atoms with E-state index in [1.54, 1.807) is 0 Å². The van der Waals surface area contributed by atoms with Gasteiger partial charge in [-0.05, 0) is 77.0 Å². The van der Waals surface area contributed by atoms with Crippen LogP contribution in [0.15, 0.2) is 24.3 Å². The van der Waals surface area contributed by atoms with Crippen molar-refractivity contribution in [2.45, 2.75) is 392 Å². The maximum absolute atomic E-state index is 12.5. The highest BCUT2D eigenvalue weighted by molar-refractivity contribution is 5.76. The minimum absolute atomic E-state index is 0.00336. The van der Waals surface area contributed by atoms with E-state index in [9.17, 15) is 19.8 Å². The lowest BCUT2D eigenvalue weighted by atomic mass is 10.0. The molecular weight excluding hydrogens is 923 g/mol. The fraction of sp³-hybridized carbons (Fsp3) is 0.913. The van der Waals surface area contributed by atoms with Gasteiger partial charge in [-0.15, -0.1) is 0 Å². The summed E-state index contributed by atoms with van der Waals surface area (Å²) in [6.07, 6.45) is 80.6. The first kappa shape index (κ1) is 73.3. The van der Waals surface area contributed by atoms with Crippen molar-refractivity contribution in [2.24, 2.45) is 0 Å². The number of esters is 1. The second-order valence-corrected chi connectivity index (χ2v) is 23.5. The lowest BCUT2D eigenvalue weighted by molar-refractivity contribution is -0.143. The van der Waals surface area contributed by atoms with Gasteiger partial charge in [0.15, 0.2) is 0 Å². The topological polar surface area (TPSA) is 95.9 Å². The number of aliphatic hydroxyl groups is 2. The number of carbonyl (C=O) groups excluding carboxylic acids is 2. The zero-order valence-electron chi connectivity index (χ0n) is 50.8. The smallest absolute Gasteiger partial charge is 0.305 e. The molecule has 0 aromatic carbocycles. The molecule has 0 aromatic rings. The number of ether oxygens (including phenoxy) is 1. The summed E-state index contributed by atoms with van der Waals surface area (Å²) >= 11 is 0. The van der Waals surface area contributed by atoms with Gasteiger partial charge in [-0.25, -0.2) is 0 Å². The van der Waals surface area contributed by atoms with E-state index in [0.717, 1.165) is 57.8 Å². The second kappa shape index (κ2) is 64.9. The summed E-state index contributed by atoms with van der Waals surface area (Å²) in [6, 6.07) is -0.553. The first-order chi connectivity index (χ1) is 37.0. The highest BCUT2D eigenvalue weighted by atomic mass is 16.5. The number of allylic oxidation sites excluding steroid dienone is 4. The molecule has 444 valence electrons. The fourth-order valence-corrected chi connectivity index (χ4v) is 10.7. The van der Waals surface area contributed by atoms with Crippen LogP contribution >= 0.6 is 0 Å². The SMILES string of the molecule is CCCCCCCCC/C=C\CCCCCCCC(=O)OCCCCCCCCCCC/C=C\CCCCCCCC(=O)NC(CO)C(O)CCCCCCCCCCCCCCCCCCCCCCCCCC. The van der Waals surface area contributed by atoms with Crippen molar-refractivity contribution in [3.63, 3.8) is 0 Å². The fourth-order valence-electron chi connectivity index (χ4n) is 10.7. The molecule has 0 spiro atoms. The maximum atomic E-state index is 12.5. The van der Waals surface area contributed by atoms with Gasteiger partial charge in [0, 0.05) is 12.8 Å². The number of aliphatic hydroxyl groups excluding tert-OH is 2. The van der Waals surface area contributed by atoms with Crippen molar-refractivity contribution < 1.29 is 24.5 Å². The highest BCUT2D eigenvalue weighted by Gasteiger charge is 2.20. The quantitative estimate of drug-likeness (QED) is 0.0320. The maximum Gasteiger partial charge on any atom is 0.305 e. The van der Waals surface area contributed by atoms with Gasteiger partial charge in [0.1, 0.15) is 0 Å². The van der Waals surface area contributed by atoms with Crippen LogP contribution < -0.4 is 5.32 Å². The van der Waals surface area contributed by atoms with E-state index in [1.165, 1.54) is 289 Å². The Kier molecular flexibility index (Phi) is 63.4. The third kappa shape index (κ3) is 61.4. The monoisotopic (exact) mass is 1060 g/mol. The van der Waals surface area contributed by atoms with E-state index in [4.69, 9.17) is 4.74 Å². The Balaban J connectivity index is 3.44. The summed E-state index contributed by atoms with van der Waals surface area (Å²) in [5.74, 6) is -0.0486. The third-order valence-corrected chi connectivity index (χ3v) is 16.0. The molecule has 0 saturated heterocycles. The van der Waals surface area contributed by atoms with Gasteiger partial charge < -0.3 is 20.3 Å². The molecule has 0 radical (unpaired) electrons. The first-order valence-corrected chi connectivity index (χ1v) is 34.1. The molecule has 2 unspecified atom stereocenters. The summed E-state index contributed by atoms with van der Waals surface area (Å²) in [4.78, 5) is 24.6. The summed E-state index contributed by atoms with van der Waals surface area (Å²) in [6.45, 7) is 4.96. The molecule has 75 heavy (non-hydrogen) atoms. The number of unbranched alkanes of at least 4 members (excludes halogenated alkanes) is 49. The van der Waals surface area contributed by atoms with Crippen LogP contribution in [0.5, 0.6) is 0 Å². The number of rotatable bonds is 64. The van der Waals surface area contributed by atoms with Gasteiger partial charge in [0.25, 0.3) is 0 Å². The van der Waals surface area contributed by atoms with Crippen LogP contribution in [-0.4, -0.2) is 47.4 Å². The second-order valence-electron chi connectivity index (χ2n) is 23.5. The van der Waals surface area contributed by atoms with Crippen LogP contribution in [0.25, 0.3) is 0 Å². The minimum atomic E-state index is -0.675. The molecular formula is C69H133NO5. The van der Waals surface area contributed by atoms with Crippen molar-refractivity contribution in [2.75, 3.05) is 13.2 Å². The average Bonchev–Trinajstić information content (AvgIpc) is 3.41. The molecule has 0 heterocycles. The van der Waals surface area contributed by atoms with Crippen molar-refractivity contribution in [3.8, 4) is 0 Å². The van der Waals surface area contributed by atoms with E-state index < -0.39 is 12.1 Å². The van der Waals surface area contributed by atoms with Crippen LogP contribution in [-0.2, 0) is 14.3 Å². The van der Waals surface area contributed by atoms with Gasteiger partial charge in [-0.1, -0.05) is 314 Å². The Morgan fingerprint density at radius 3 is 0.947 bits per heavy atom. The van der Waals surface area contributed by atoms with E-state index in [2.05, 4.69) is 43.5 Å². The van der Waals surface area contributed by atoms with Gasteiger partial charge in [0.05, 0.1) is 25.4 Å². The molecule has 0 rings (SSSR count). The zero-order valence-corrected chi connectivity index (χ0v) is 50.8. The summed E-state index contributed by atoms with van der Waals surface area (Å²) in [5, 5.41) is 23.4. The molecule has 0 bridgehead atoms. The number of hydrogen-bond donors (Lipinski definition) is 3. The molecule has 0 aliphatic heterocycles. The predicted molar refractivity (Wildman–Crippen MR) is 329 cm³/mol. The van der Waals surface area contributed by atoms with E-state index in [1.807, 2.05) is 0 Å². The number of hydrogen-bond acceptors (Lipinski definition) is 5. The normalized spacial score (nSPS) is 12.6. The van der Waals surface area contributed by atoms with E-state index in [0.29, 0.717) is 25.9 Å². The van der Waals surface area contributed by atoms with Gasteiger partial charge in [0.2, 0.25) is 5.91 Å². The van der Waals surface area contributed by atoms with Crippen LogP contribution in [0.3, 0.4) is 0 Å². The molecule has 1 amide bonds. The Hall–Kier alpha value is -1.66. The molecule has 0 aliphatic carbocycles. The van der Waals surface area contributed by atoms with Crippen LogP contribution in [0, 0.1) is 0 Å². The van der Waals surface area contributed by atoms with E-state index >= 15 is 0 Å². The molecule has 0 aromatic heterocycles. The molecule has 2 atom stereocenters.